The molecule has 2 aliphatic heterocycles. The molecule has 3 heterocycles. The van der Waals surface area contributed by atoms with Gasteiger partial charge in [0.1, 0.15) is 6.10 Å². The van der Waals surface area contributed by atoms with E-state index in [9.17, 15) is 9.59 Å². The van der Waals surface area contributed by atoms with Gasteiger partial charge in [0.05, 0.1) is 11.6 Å². The summed E-state index contributed by atoms with van der Waals surface area (Å²) in [7, 11) is 0. The van der Waals surface area contributed by atoms with Gasteiger partial charge in [-0.3, -0.25) is 9.59 Å². The molecule has 1 aromatic heterocycles. The van der Waals surface area contributed by atoms with E-state index < -0.39 is 0 Å². The maximum atomic E-state index is 12.5. The summed E-state index contributed by atoms with van der Waals surface area (Å²) in [5.74, 6) is 2.50. The molecule has 0 radical (unpaired) electrons. The van der Waals surface area contributed by atoms with Crippen molar-refractivity contribution in [3.63, 3.8) is 0 Å². The molecule has 2 fully saturated rings. The Labute approximate surface area is 168 Å². The summed E-state index contributed by atoms with van der Waals surface area (Å²) in [6.45, 7) is 1.09. The van der Waals surface area contributed by atoms with Gasteiger partial charge >= 0.3 is 0 Å². The lowest BCUT2D eigenvalue weighted by molar-refractivity contribution is -0.128. The molecule has 1 N–H and O–H groups in total. The van der Waals surface area contributed by atoms with E-state index in [0.29, 0.717) is 31.0 Å². The van der Waals surface area contributed by atoms with E-state index in [-0.39, 0.29) is 24.0 Å². The Bertz CT molecular complexity index is 823. The van der Waals surface area contributed by atoms with Gasteiger partial charge in [0.15, 0.2) is 0 Å². The number of carbonyl (C=O) groups is 2. The standard InChI is InChI=1S/C21H23N3O3S/c25-20-10-17(13-24(20)12-15-4-2-1-3-5-15)23-21(26)16-6-7-19(22-11-16)27-18-8-9-28-14-18/h1-7,11,17-18H,8-10,12-14H2,(H,23,26). The van der Waals surface area contributed by atoms with Gasteiger partial charge in [-0.1, -0.05) is 30.3 Å². The highest BCUT2D eigenvalue weighted by molar-refractivity contribution is 7.99. The number of carbonyl (C=O) groups excluding carboxylic acids is 2. The Morgan fingerprint density at radius 3 is 2.82 bits per heavy atom. The van der Waals surface area contributed by atoms with Crippen LogP contribution in [0.3, 0.4) is 0 Å². The second-order valence-corrected chi connectivity index (χ2v) is 8.27. The summed E-state index contributed by atoms with van der Waals surface area (Å²) in [4.78, 5) is 30.8. The van der Waals surface area contributed by atoms with Gasteiger partial charge in [-0.25, -0.2) is 4.98 Å². The van der Waals surface area contributed by atoms with E-state index >= 15 is 0 Å². The number of thioether (sulfide) groups is 1. The van der Waals surface area contributed by atoms with E-state index in [2.05, 4.69) is 10.3 Å². The summed E-state index contributed by atoms with van der Waals surface area (Å²) < 4.78 is 5.81. The van der Waals surface area contributed by atoms with Gasteiger partial charge in [0, 0.05) is 37.5 Å². The first-order valence-corrected chi connectivity index (χ1v) is 10.7. The lowest BCUT2D eigenvalue weighted by Crippen LogP contribution is -2.37. The fourth-order valence-corrected chi connectivity index (χ4v) is 4.55. The predicted molar refractivity (Wildman–Crippen MR) is 108 cm³/mol. The molecule has 2 atom stereocenters. The minimum atomic E-state index is -0.213. The molecule has 28 heavy (non-hydrogen) atoms. The van der Waals surface area contributed by atoms with Crippen molar-refractivity contribution in [1.29, 1.82) is 0 Å². The number of nitrogens with zero attached hydrogens (tertiary/aromatic N) is 2. The summed E-state index contributed by atoms with van der Waals surface area (Å²) in [5, 5.41) is 2.95. The molecule has 0 aliphatic carbocycles. The SMILES string of the molecule is O=C(NC1CC(=O)N(Cc2ccccc2)C1)c1ccc(OC2CCSC2)nc1. The number of nitrogens with one attached hydrogen (secondary N) is 1. The Morgan fingerprint density at radius 2 is 2.11 bits per heavy atom. The fourth-order valence-electron chi connectivity index (χ4n) is 3.46. The number of pyridine rings is 1. The van der Waals surface area contributed by atoms with Gasteiger partial charge in [-0.05, 0) is 23.8 Å². The predicted octanol–water partition coefficient (Wildman–Crippen LogP) is 2.50. The van der Waals surface area contributed by atoms with Gasteiger partial charge in [-0.15, -0.1) is 0 Å². The maximum absolute atomic E-state index is 12.5. The highest BCUT2D eigenvalue weighted by atomic mass is 32.2. The Morgan fingerprint density at radius 1 is 1.25 bits per heavy atom. The van der Waals surface area contributed by atoms with Crippen LogP contribution in [-0.2, 0) is 11.3 Å². The van der Waals surface area contributed by atoms with Crippen LogP contribution >= 0.6 is 11.8 Å². The second kappa shape index (κ2) is 8.65. The highest BCUT2D eigenvalue weighted by Gasteiger charge is 2.30. The van der Waals surface area contributed by atoms with Crippen molar-refractivity contribution >= 4 is 23.6 Å². The first kappa shape index (κ1) is 18.8. The van der Waals surface area contributed by atoms with Crippen LogP contribution in [0.15, 0.2) is 48.7 Å². The lowest BCUT2D eigenvalue weighted by Gasteiger charge is -2.17. The molecule has 7 heteroatoms. The van der Waals surface area contributed by atoms with Crippen molar-refractivity contribution in [3.8, 4) is 5.88 Å². The lowest BCUT2D eigenvalue weighted by atomic mass is 10.2. The maximum Gasteiger partial charge on any atom is 0.253 e. The van der Waals surface area contributed by atoms with Crippen LogP contribution in [0.1, 0.15) is 28.8 Å². The topological polar surface area (TPSA) is 71.5 Å². The molecular formula is C21H23N3O3S. The zero-order chi connectivity index (χ0) is 19.3. The molecule has 0 saturated carbocycles. The zero-order valence-corrected chi connectivity index (χ0v) is 16.4. The number of ether oxygens (including phenoxy) is 1. The van der Waals surface area contributed by atoms with E-state index in [1.54, 1.807) is 17.0 Å². The molecule has 146 valence electrons. The van der Waals surface area contributed by atoms with Gasteiger partial charge in [0.2, 0.25) is 11.8 Å². The first-order valence-electron chi connectivity index (χ1n) is 9.50. The van der Waals surface area contributed by atoms with Gasteiger partial charge < -0.3 is 15.0 Å². The number of hydrogen-bond acceptors (Lipinski definition) is 5. The molecule has 2 unspecified atom stereocenters. The third kappa shape index (κ3) is 4.65. The number of rotatable bonds is 6. The molecule has 2 saturated heterocycles. The molecule has 4 rings (SSSR count). The van der Waals surface area contributed by atoms with Crippen molar-refractivity contribution in [3.05, 3.63) is 59.8 Å². The monoisotopic (exact) mass is 397 g/mol. The van der Waals surface area contributed by atoms with Crippen molar-refractivity contribution in [1.82, 2.24) is 15.2 Å². The van der Waals surface area contributed by atoms with Crippen molar-refractivity contribution in [2.24, 2.45) is 0 Å². The smallest absolute Gasteiger partial charge is 0.253 e. The largest absolute Gasteiger partial charge is 0.473 e. The molecule has 6 nitrogen and oxygen atoms in total. The first-order chi connectivity index (χ1) is 13.7. The van der Waals surface area contributed by atoms with Crippen LogP contribution in [0, 0.1) is 0 Å². The van der Waals surface area contributed by atoms with Crippen LogP contribution in [0.5, 0.6) is 5.88 Å². The van der Waals surface area contributed by atoms with E-state index in [1.807, 2.05) is 42.1 Å². The van der Waals surface area contributed by atoms with Crippen molar-refractivity contribution < 1.29 is 14.3 Å². The fraction of sp³-hybridized carbons (Fsp3) is 0.381. The molecule has 0 bridgehead atoms. The summed E-state index contributed by atoms with van der Waals surface area (Å²) in [6, 6.07) is 13.1. The number of likely N-dealkylation sites (tertiary alicyclic amines) is 1. The van der Waals surface area contributed by atoms with Crippen LogP contribution in [0.25, 0.3) is 0 Å². The number of aromatic nitrogens is 1. The minimum Gasteiger partial charge on any atom is -0.473 e. The third-order valence-corrected chi connectivity index (χ3v) is 6.07. The van der Waals surface area contributed by atoms with Crippen LogP contribution in [0.4, 0.5) is 0 Å². The third-order valence-electron chi connectivity index (χ3n) is 4.94. The minimum absolute atomic E-state index is 0.0606. The van der Waals surface area contributed by atoms with Gasteiger partial charge in [0.25, 0.3) is 5.91 Å². The number of hydrogen-bond donors (Lipinski definition) is 1. The van der Waals surface area contributed by atoms with Crippen molar-refractivity contribution in [2.45, 2.75) is 31.5 Å². The molecule has 2 aromatic rings. The quantitative estimate of drug-likeness (QED) is 0.811. The molecule has 2 amide bonds. The normalized spacial score (nSPS) is 21.7. The summed E-state index contributed by atoms with van der Waals surface area (Å²) >= 11 is 1.88. The van der Waals surface area contributed by atoms with Crippen LogP contribution in [-0.4, -0.2) is 51.9 Å². The molecule has 2 aliphatic rings. The molecular weight excluding hydrogens is 374 g/mol. The Hall–Kier alpha value is -2.54. The van der Waals surface area contributed by atoms with Gasteiger partial charge in [-0.2, -0.15) is 11.8 Å². The van der Waals surface area contributed by atoms with Crippen LogP contribution in [0.2, 0.25) is 0 Å². The average Bonchev–Trinajstić information content (AvgIpc) is 3.33. The summed E-state index contributed by atoms with van der Waals surface area (Å²) in [6.07, 6.45) is 3.10. The van der Waals surface area contributed by atoms with E-state index in [4.69, 9.17) is 4.74 Å². The second-order valence-electron chi connectivity index (χ2n) is 7.12. The molecule has 1 aromatic carbocycles. The van der Waals surface area contributed by atoms with E-state index in [1.165, 1.54) is 6.20 Å². The average molecular weight is 398 g/mol. The number of amides is 2. The summed E-state index contributed by atoms with van der Waals surface area (Å²) in [5.41, 5.74) is 1.56. The van der Waals surface area contributed by atoms with Crippen molar-refractivity contribution in [2.75, 3.05) is 18.1 Å². The number of benzene rings is 1. The van der Waals surface area contributed by atoms with Crippen LogP contribution < -0.4 is 10.1 Å². The van der Waals surface area contributed by atoms with E-state index in [0.717, 1.165) is 23.5 Å². The highest BCUT2D eigenvalue weighted by Crippen LogP contribution is 2.22. The Kier molecular flexibility index (Phi) is 5.81. The molecule has 0 spiro atoms. The Balaban J connectivity index is 1.30. The zero-order valence-electron chi connectivity index (χ0n) is 15.5.